The third-order valence-electron chi connectivity index (χ3n) is 4.01. The lowest BCUT2D eigenvalue weighted by atomic mass is 10.2. The van der Waals surface area contributed by atoms with Crippen LogP contribution in [0.25, 0.3) is 0 Å². The maximum atomic E-state index is 12.5. The number of anilines is 2. The number of thiazole rings is 1. The Hall–Kier alpha value is -3.47. The number of halogens is 3. The van der Waals surface area contributed by atoms with E-state index in [4.69, 9.17) is 9.47 Å². The first-order chi connectivity index (χ1) is 14.8. The molecule has 0 aliphatic heterocycles. The highest BCUT2D eigenvalue weighted by atomic mass is 32.1. The fraction of sp³-hybridized carbons (Fsp3) is 0.200. The van der Waals surface area contributed by atoms with Crippen LogP contribution < -0.4 is 24.8 Å². The maximum Gasteiger partial charge on any atom is 0.573 e. The first-order valence-electron chi connectivity index (χ1n) is 8.85. The van der Waals surface area contributed by atoms with Gasteiger partial charge in [-0.1, -0.05) is 18.2 Å². The van der Waals surface area contributed by atoms with Gasteiger partial charge in [0.1, 0.15) is 11.4 Å². The molecule has 1 aromatic heterocycles. The van der Waals surface area contributed by atoms with Gasteiger partial charge in [0.25, 0.3) is 5.91 Å². The standard InChI is InChI=1S/C20H18F3N3O4S/c1-28-16-8-7-13(9-17(16)29-2)25-19-26-14(11-31-19)18(27)24-10-12-5-3-4-6-15(12)30-20(21,22)23/h3-9,11H,10H2,1-2H3,(H,24,27)(H,25,26). The molecule has 3 aromatic rings. The summed E-state index contributed by atoms with van der Waals surface area (Å²) >= 11 is 1.20. The molecule has 1 amide bonds. The van der Waals surface area contributed by atoms with Crippen molar-refractivity contribution in [2.75, 3.05) is 19.5 Å². The summed E-state index contributed by atoms with van der Waals surface area (Å²) in [6, 6.07) is 10.8. The Labute approximate surface area is 179 Å². The van der Waals surface area contributed by atoms with Crippen LogP contribution >= 0.6 is 11.3 Å². The molecule has 0 saturated heterocycles. The largest absolute Gasteiger partial charge is 0.573 e. The van der Waals surface area contributed by atoms with Gasteiger partial charge in [0.15, 0.2) is 16.6 Å². The lowest BCUT2D eigenvalue weighted by Gasteiger charge is -2.13. The minimum absolute atomic E-state index is 0.127. The van der Waals surface area contributed by atoms with Gasteiger partial charge in [-0.15, -0.1) is 24.5 Å². The molecule has 0 aliphatic rings. The van der Waals surface area contributed by atoms with E-state index in [1.165, 1.54) is 49.1 Å². The predicted molar refractivity (Wildman–Crippen MR) is 109 cm³/mol. The van der Waals surface area contributed by atoms with Crippen LogP contribution in [0.4, 0.5) is 24.0 Å². The predicted octanol–water partition coefficient (Wildman–Crippen LogP) is 4.73. The van der Waals surface area contributed by atoms with Crippen molar-refractivity contribution in [2.45, 2.75) is 12.9 Å². The molecule has 0 bridgehead atoms. The van der Waals surface area contributed by atoms with Crippen molar-refractivity contribution in [3.63, 3.8) is 0 Å². The number of nitrogens with zero attached hydrogens (tertiary/aromatic N) is 1. The van der Waals surface area contributed by atoms with Crippen LogP contribution in [0.3, 0.4) is 0 Å². The molecule has 7 nitrogen and oxygen atoms in total. The van der Waals surface area contributed by atoms with Crippen molar-refractivity contribution in [3.8, 4) is 17.2 Å². The van der Waals surface area contributed by atoms with Crippen molar-refractivity contribution < 1.29 is 32.2 Å². The number of ether oxygens (including phenoxy) is 3. The Morgan fingerprint density at radius 2 is 1.81 bits per heavy atom. The van der Waals surface area contributed by atoms with E-state index in [1.807, 2.05) is 0 Å². The number of nitrogens with one attached hydrogen (secondary N) is 2. The molecular formula is C20H18F3N3O4S. The van der Waals surface area contributed by atoms with Crippen molar-refractivity contribution in [1.82, 2.24) is 10.3 Å². The van der Waals surface area contributed by atoms with Crippen LogP contribution in [0.1, 0.15) is 16.1 Å². The van der Waals surface area contributed by atoms with E-state index in [0.29, 0.717) is 22.3 Å². The summed E-state index contributed by atoms with van der Waals surface area (Å²) in [6.45, 7) is -0.152. The molecule has 3 rings (SSSR count). The SMILES string of the molecule is COc1ccc(Nc2nc(C(=O)NCc3ccccc3OC(F)(F)F)cs2)cc1OC. The third kappa shape index (κ3) is 6.01. The summed E-state index contributed by atoms with van der Waals surface area (Å²) in [5, 5.41) is 7.60. The zero-order chi connectivity index (χ0) is 22.4. The van der Waals surface area contributed by atoms with Crippen LogP contribution in [0.15, 0.2) is 47.8 Å². The Morgan fingerprint density at radius 3 is 2.52 bits per heavy atom. The maximum absolute atomic E-state index is 12.5. The molecule has 0 aliphatic carbocycles. The number of methoxy groups -OCH3 is 2. The molecule has 0 saturated carbocycles. The lowest BCUT2D eigenvalue weighted by molar-refractivity contribution is -0.274. The van der Waals surface area contributed by atoms with E-state index in [1.54, 1.807) is 24.3 Å². The fourth-order valence-corrected chi connectivity index (χ4v) is 3.32. The summed E-state index contributed by atoms with van der Waals surface area (Å²) < 4.78 is 52.0. The van der Waals surface area contributed by atoms with E-state index < -0.39 is 12.3 Å². The molecule has 11 heteroatoms. The van der Waals surface area contributed by atoms with Gasteiger partial charge in [0.2, 0.25) is 0 Å². The van der Waals surface area contributed by atoms with Crippen LogP contribution in [-0.2, 0) is 6.54 Å². The van der Waals surface area contributed by atoms with Gasteiger partial charge in [0.05, 0.1) is 14.2 Å². The molecule has 0 fully saturated rings. The van der Waals surface area contributed by atoms with Crippen molar-refractivity contribution in [2.24, 2.45) is 0 Å². The Kier molecular flexibility index (Phi) is 6.85. The number of amides is 1. The number of aromatic nitrogens is 1. The number of alkyl halides is 3. The molecular weight excluding hydrogens is 435 g/mol. The fourth-order valence-electron chi connectivity index (χ4n) is 2.61. The molecule has 164 valence electrons. The van der Waals surface area contributed by atoms with Crippen LogP contribution in [0.5, 0.6) is 17.2 Å². The van der Waals surface area contributed by atoms with Crippen molar-refractivity contribution >= 4 is 28.1 Å². The second-order valence-electron chi connectivity index (χ2n) is 6.07. The van der Waals surface area contributed by atoms with Gasteiger partial charge in [-0.2, -0.15) is 0 Å². The molecule has 2 aromatic carbocycles. The number of hydrogen-bond donors (Lipinski definition) is 2. The van der Waals surface area contributed by atoms with Crippen molar-refractivity contribution in [1.29, 1.82) is 0 Å². The van der Waals surface area contributed by atoms with Gasteiger partial charge in [-0.05, 0) is 18.2 Å². The van der Waals surface area contributed by atoms with Gasteiger partial charge < -0.3 is 24.8 Å². The zero-order valence-corrected chi connectivity index (χ0v) is 17.3. The van der Waals surface area contributed by atoms with Gasteiger partial charge >= 0.3 is 6.36 Å². The molecule has 0 spiro atoms. The Balaban J connectivity index is 1.64. The summed E-state index contributed by atoms with van der Waals surface area (Å²) in [5.74, 6) is 0.201. The Bertz CT molecular complexity index is 1060. The molecule has 0 unspecified atom stereocenters. The number of benzene rings is 2. The number of carbonyl (C=O) groups is 1. The first kappa shape index (κ1) is 22.2. The second-order valence-corrected chi connectivity index (χ2v) is 6.93. The average molecular weight is 453 g/mol. The van der Waals surface area contributed by atoms with Gasteiger partial charge in [-0.25, -0.2) is 4.98 Å². The highest BCUT2D eigenvalue weighted by Crippen LogP contribution is 2.32. The van der Waals surface area contributed by atoms with E-state index in [9.17, 15) is 18.0 Å². The second kappa shape index (κ2) is 9.56. The van der Waals surface area contributed by atoms with E-state index >= 15 is 0 Å². The summed E-state index contributed by atoms with van der Waals surface area (Å²) in [4.78, 5) is 16.6. The third-order valence-corrected chi connectivity index (χ3v) is 4.77. The number of carbonyl (C=O) groups excluding carboxylic acids is 1. The Morgan fingerprint density at radius 1 is 1.06 bits per heavy atom. The highest BCUT2D eigenvalue weighted by molar-refractivity contribution is 7.14. The number of hydrogen-bond acceptors (Lipinski definition) is 7. The molecule has 1 heterocycles. The zero-order valence-electron chi connectivity index (χ0n) is 16.4. The van der Waals surface area contributed by atoms with E-state index in [-0.39, 0.29) is 23.6 Å². The summed E-state index contributed by atoms with van der Waals surface area (Å²) in [7, 11) is 3.05. The highest BCUT2D eigenvalue weighted by Gasteiger charge is 2.32. The minimum atomic E-state index is -4.82. The molecule has 31 heavy (non-hydrogen) atoms. The lowest BCUT2D eigenvalue weighted by Crippen LogP contribution is -2.24. The molecule has 0 radical (unpaired) electrons. The van der Waals surface area contributed by atoms with Gasteiger partial charge in [-0.3, -0.25) is 4.79 Å². The normalized spacial score (nSPS) is 11.0. The van der Waals surface area contributed by atoms with Crippen molar-refractivity contribution in [3.05, 3.63) is 59.1 Å². The summed E-state index contributed by atoms with van der Waals surface area (Å²) in [5.41, 5.74) is 0.992. The average Bonchev–Trinajstić information content (AvgIpc) is 3.20. The van der Waals surface area contributed by atoms with Gasteiger partial charge in [0, 0.05) is 29.2 Å². The topological polar surface area (TPSA) is 81.7 Å². The number of para-hydroxylation sites is 1. The van der Waals surface area contributed by atoms with Crippen LogP contribution in [0.2, 0.25) is 0 Å². The smallest absolute Gasteiger partial charge is 0.493 e. The van der Waals surface area contributed by atoms with E-state index in [2.05, 4.69) is 20.4 Å². The van der Waals surface area contributed by atoms with E-state index in [0.717, 1.165) is 0 Å². The van der Waals surface area contributed by atoms with Crippen LogP contribution in [0, 0.1) is 0 Å². The monoisotopic (exact) mass is 453 g/mol. The number of rotatable bonds is 8. The molecule has 2 N–H and O–H groups in total. The minimum Gasteiger partial charge on any atom is -0.493 e. The van der Waals surface area contributed by atoms with Crippen LogP contribution in [-0.4, -0.2) is 31.5 Å². The summed E-state index contributed by atoms with van der Waals surface area (Å²) in [6.07, 6.45) is -4.82. The molecule has 0 atom stereocenters. The first-order valence-corrected chi connectivity index (χ1v) is 9.73. The quantitative estimate of drug-likeness (QED) is 0.513.